The molecule has 5 nitrogen and oxygen atoms in total. The summed E-state index contributed by atoms with van der Waals surface area (Å²) in [6, 6.07) is 24.9. The van der Waals surface area contributed by atoms with E-state index in [0.717, 1.165) is 42.5 Å². The van der Waals surface area contributed by atoms with E-state index in [1.165, 1.54) is 0 Å². The summed E-state index contributed by atoms with van der Waals surface area (Å²) in [4.78, 5) is 18.1. The van der Waals surface area contributed by atoms with Gasteiger partial charge in [0.15, 0.2) is 0 Å². The van der Waals surface area contributed by atoms with Gasteiger partial charge in [-0.1, -0.05) is 78.5 Å². The summed E-state index contributed by atoms with van der Waals surface area (Å²) in [5.41, 5.74) is 3.03. The highest BCUT2D eigenvalue weighted by Crippen LogP contribution is 2.30. The van der Waals surface area contributed by atoms with Crippen LogP contribution in [0.4, 0.5) is 0 Å². The molecule has 2 atom stereocenters. The van der Waals surface area contributed by atoms with Crippen molar-refractivity contribution in [1.82, 2.24) is 14.9 Å². The van der Waals surface area contributed by atoms with Crippen LogP contribution in [0.5, 0.6) is 0 Å². The van der Waals surface area contributed by atoms with Crippen molar-refractivity contribution in [2.75, 3.05) is 0 Å². The number of carbonyl (C=O) groups excluding carboxylic acids is 1. The SMILES string of the molecule is O=C(N[C@H]1CCCC[C@@H]1OCc1ccccc1)c1cn(-c2ccc(Cl)cc2)c(-c2ccccc2Cl)n1. The number of rotatable bonds is 7. The van der Waals surface area contributed by atoms with Gasteiger partial charge in [-0.05, 0) is 54.8 Å². The van der Waals surface area contributed by atoms with Gasteiger partial charge in [-0.25, -0.2) is 4.98 Å². The van der Waals surface area contributed by atoms with E-state index in [-0.39, 0.29) is 18.1 Å². The molecule has 36 heavy (non-hydrogen) atoms. The predicted molar refractivity (Wildman–Crippen MR) is 144 cm³/mol. The van der Waals surface area contributed by atoms with Gasteiger partial charge < -0.3 is 10.1 Å². The number of nitrogens with zero attached hydrogens (tertiary/aromatic N) is 2. The van der Waals surface area contributed by atoms with Gasteiger partial charge in [0, 0.05) is 22.5 Å². The number of ether oxygens (including phenoxy) is 1. The zero-order chi connectivity index (χ0) is 24.9. The summed E-state index contributed by atoms with van der Waals surface area (Å²) in [7, 11) is 0. The molecule has 0 aliphatic heterocycles. The Balaban J connectivity index is 1.39. The number of carbonyl (C=O) groups is 1. The van der Waals surface area contributed by atoms with Gasteiger partial charge in [0.05, 0.1) is 23.8 Å². The average Bonchev–Trinajstić information content (AvgIpc) is 3.35. The third-order valence-electron chi connectivity index (χ3n) is 6.48. The monoisotopic (exact) mass is 519 g/mol. The van der Waals surface area contributed by atoms with Gasteiger partial charge in [0.2, 0.25) is 0 Å². The Morgan fingerprint density at radius 2 is 1.67 bits per heavy atom. The van der Waals surface area contributed by atoms with Crippen molar-refractivity contribution in [2.45, 2.75) is 44.4 Å². The quantitative estimate of drug-likeness (QED) is 0.283. The van der Waals surface area contributed by atoms with Crippen molar-refractivity contribution in [3.63, 3.8) is 0 Å². The molecule has 5 rings (SSSR count). The molecule has 0 spiro atoms. The number of aromatic nitrogens is 2. The van der Waals surface area contributed by atoms with E-state index in [2.05, 4.69) is 17.4 Å². The highest BCUT2D eigenvalue weighted by Gasteiger charge is 2.29. The van der Waals surface area contributed by atoms with Crippen molar-refractivity contribution in [1.29, 1.82) is 0 Å². The molecule has 1 saturated carbocycles. The number of benzene rings is 3. The standard InChI is InChI=1S/C29H27Cl2N3O2/c30-21-14-16-22(17-15-21)34-18-26(32-28(34)23-10-4-5-11-24(23)31)29(35)33-25-12-6-7-13-27(25)36-19-20-8-2-1-3-9-20/h1-5,8-11,14-18,25,27H,6-7,12-13,19H2,(H,33,35)/t25-,27-/m0/s1. The first-order valence-corrected chi connectivity index (χ1v) is 12.9. The van der Waals surface area contributed by atoms with Crippen molar-refractivity contribution >= 4 is 29.1 Å². The maximum atomic E-state index is 13.4. The molecule has 1 N–H and O–H groups in total. The molecule has 3 aromatic carbocycles. The minimum absolute atomic E-state index is 0.0377. The van der Waals surface area contributed by atoms with Gasteiger partial charge in [0.25, 0.3) is 5.91 Å². The van der Waals surface area contributed by atoms with Crippen LogP contribution in [0.1, 0.15) is 41.7 Å². The van der Waals surface area contributed by atoms with Crippen LogP contribution in [0.15, 0.2) is 85.1 Å². The molecule has 4 aromatic rings. The lowest BCUT2D eigenvalue weighted by atomic mass is 9.92. The van der Waals surface area contributed by atoms with Crippen LogP contribution >= 0.6 is 23.2 Å². The summed E-state index contributed by atoms with van der Waals surface area (Å²) < 4.78 is 8.11. The van der Waals surface area contributed by atoms with E-state index >= 15 is 0 Å². The molecule has 1 aliphatic rings. The van der Waals surface area contributed by atoms with E-state index in [9.17, 15) is 4.79 Å². The summed E-state index contributed by atoms with van der Waals surface area (Å²) >= 11 is 12.6. The maximum absolute atomic E-state index is 13.4. The lowest BCUT2D eigenvalue weighted by molar-refractivity contribution is -0.00466. The highest BCUT2D eigenvalue weighted by molar-refractivity contribution is 6.33. The van der Waals surface area contributed by atoms with Crippen LogP contribution in [0.3, 0.4) is 0 Å². The molecule has 184 valence electrons. The second-order valence-corrected chi connectivity index (χ2v) is 9.82. The fraction of sp³-hybridized carbons (Fsp3) is 0.241. The highest BCUT2D eigenvalue weighted by atomic mass is 35.5. The van der Waals surface area contributed by atoms with E-state index < -0.39 is 0 Å². The van der Waals surface area contributed by atoms with Gasteiger partial charge in [-0.2, -0.15) is 0 Å². The largest absolute Gasteiger partial charge is 0.371 e. The first-order valence-electron chi connectivity index (χ1n) is 12.1. The molecule has 0 saturated heterocycles. The first-order chi connectivity index (χ1) is 17.6. The maximum Gasteiger partial charge on any atom is 0.271 e. The Kier molecular flexibility index (Phi) is 7.71. The van der Waals surface area contributed by atoms with Gasteiger partial charge in [0.1, 0.15) is 11.5 Å². The average molecular weight is 520 g/mol. The van der Waals surface area contributed by atoms with Crippen LogP contribution in [-0.2, 0) is 11.3 Å². The Labute approximate surface area is 221 Å². The molecule has 1 aliphatic carbocycles. The minimum Gasteiger partial charge on any atom is -0.371 e. The topological polar surface area (TPSA) is 56.1 Å². The number of hydrogen-bond donors (Lipinski definition) is 1. The summed E-state index contributed by atoms with van der Waals surface area (Å²) in [5.74, 6) is 0.366. The fourth-order valence-corrected chi connectivity index (χ4v) is 4.95. The molecule has 0 bridgehead atoms. The summed E-state index contributed by atoms with van der Waals surface area (Å²) in [5, 5.41) is 4.39. The normalized spacial score (nSPS) is 17.6. The lowest BCUT2D eigenvalue weighted by Gasteiger charge is -2.32. The number of amides is 1. The van der Waals surface area contributed by atoms with Crippen LogP contribution in [0.25, 0.3) is 17.1 Å². The molecule has 7 heteroatoms. The Morgan fingerprint density at radius 1 is 0.944 bits per heavy atom. The van der Waals surface area contributed by atoms with E-state index in [1.807, 2.05) is 71.3 Å². The molecule has 1 fully saturated rings. The van der Waals surface area contributed by atoms with Crippen molar-refractivity contribution in [2.24, 2.45) is 0 Å². The zero-order valence-electron chi connectivity index (χ0n) is 19.7. The third-order valence-corrected chi connectivity index (χ3v) is 7.07. The van der Waals surface area contributed by atoms with E-state index in [0.29, 0.717) is 28.2 Å². The number of imidazole rings is 1. The Bertz CT molecular complexity index is 1320. The molecule has 0 unspecified atom stereocenters. The van der Waals surface area contributed by atoms with Crippen molar-refractivity contribution in [3.8, 4) is 17.1 Å². The van der Waals surface area contributed by atoms with Crippen LogP contribution in [0.2, 0.25) is 10.0 Å². The number of halogens is 2. The molecule has 1 amide bonds. The molecule has 1 heterocycles. The predicted octanol–water partition coefficient (Wildman–Crippen LogP) is 7.10. The number of hydrogen-bond acceptors (Lipinski definition) is 3. The van der Waals surface area contributed by atoms with Crippen molar-refractivity contribution < 1.29 is 9.53 Å². The van der Waals surface area contributed by atoms with Crippen molar-refractivity contribution in [3.05, 3.63) is 106 Å². The van der Waals surface area contributed by atoms with Crippen LogP contribution < -0.4 is 5.32 Å². The molecule has 0 radical (unpaired) electrons. The molecular weight excluding hydrogens is 493 g/mol. The van der Waals surface area contributed by atoms with Crippen LogP contribution in [-0.4, -0.2) is 27.6 Å². The smallest absolute Gasteiger partial charge is 0.271 e. The number of nitrogens with one attached hydrogen (secondary N) is 1. The third kappa shape index (κ3) is 5.65. The van der Waals surface area contributed by atoms with Crippen LogP contribution in [0, 0.1) is 0 Å². The van der Waals surface area contributed by atoms with Gasteiger partial charge in [-0.15, -0.1) is 0 Å². The lowest BCUT2D eigenvalue weighted by Crippen LogP contribution is -2.46. The van der Waals surface area contributed by atoms with E-state index in [1.54, 1.807) is 6.20 Å². The molecular formula is C29H27Cl2N3O2. The summed E-state index contributed by atoms with van der Waals surface area (Å²) in [6.45, 7) is 0.528. The van der Waals surface area contributed by atoms with Gasteiger partial charge in [-0.3, -0.25) is 9.36 Å². The van der Waals surface area contributed by atoms with E-state index in [4.69, 9.17) is 32.9 Å². The Morgan fingerprint density at radius 3 is 2.44 bits per heavy atom. The first kappa shape index (κ1) is 24.6. The summed E-state index contributed by atoms with van der Waals surface area (Å²) in [6.07, 6.45) is 5.65. The molecule has 1 aromatic heterocycles. The minimum atomic E-state index is -0.226. The zero-order valence-corrected chi connectivity index (χ0v) is 21.3. The van der Waals surface area contributed by atoms with Gasteiger partial charge >= 0.3 is 0 Å². The second kappa shape index (κ2) is 11.3. The fourth-order valence-electron chi connectivity index (χ4n) is 4.60. The second-order valence-electron chi connectivity index (χ2n) is 8.98. The Hall–Kier alpha value is -3.12.